The van der Waals surface area contributed by atoms with E-state index < -0.39 is 5.41 Å². The summed E-state index contributed by atoms with van der Waals surface area (Å²) in [6.45, 7) is 5.68. The van der Waals surface area contributed by atoms with Crippen molar-refractivity contribution in [1.29, 1.82) is 0 Å². The van der Waals surface area contributed by atoms with E-state index in [1.54, 1.807) is 0 Å². The lowest BCUT2D eigenvalue weighted by Crippen LogP contribution is -2.69. The van der Waals surface area contributed by atoms with Crippen LogP contribution in [0.2, 0.25) is 0 Å². The first-order valence-electron chi connectivity index (χ1n) is 9.74. The van der Waals surface area contributed by atoms with Crippen LogP contribution in [0.4, 0.5) is 0 Å². The number of nitrogens with two attached hydrogens (primary N) is 1. The van der Waals surface area contributed by atoms with Crippen molar-refractivity contribution in [2.75, 3.05) is 26.3 Å². The normalized spacial score (nSPS) is 38.1. The number of rotatable bonds is 3. The van der Waals surface area contributed by atoms with E-state index in [9.17, 15) is 4.79 Å². The molecule has 2 unspecified atom stereocenters. The summed E-state index contributed by atoms with van der Waals surface area (Å²) in [7, 11) is 0. The van der Waals surface area contributed by atoms with Gasteiger partial charge in [-0.1, -0.05) is 38.5 Å². The minimum Gasteiger partial charge on any atom is -0.379 e. The van der Waals surface area contributed by atoms with Gasteiger partial charge in [0.15, 0.2) is 0 Å². The van der Waals surface area contributed by atoms with Gasteiger partial charge in [-0.15, -0.1) is 0 Å². The van der Waals surface area contributed by atoms with Crippen molar-refractivity contribution in [3.05, 3.63) is 0 Å². The monoisotopic (exact) mass is 322 g/mol. The Hall–Kier alpha value is -0.610. The minimum atomic E-state index is -0.391. The number of ether oxygens (including phenoxy) is 1. The van der Waals surface area contributed by atoms with Crippen LogP contribution in [-0.2, 0) is 9.53 Å². The van der Waals surface area contributed by atoms with Gasteiger partial charge in [-0.2, -0.15) is 0 Å². The lowest BCUT2D eigenvalue weighted by atomic mass is 9.54. The number of nitrogens with zero attached hydrogens (tertiary/aromatic N) is 1. The van der Waals surface area contributed by atoms with Crippen molar-refractivity contribution >= 4 is 5.91 Å². The molecule has 3 aliphatic rings. The molecule has 0 radical (unpaired) electrons. The first-order valence-corrected chi connectivity index (χ1v) is 9.74. The third kappa shape index (κ3) is 2.93. The predicted octanol–water partition coefficient (Wildman–Crippen LogP) is 3.09. The van der Waals surface area contributed by atoms with E-state index in [0.717, 1.165) is 45.6 Å². The van der Waals surface area contributed by atoms with Crippen molar-refractivity contribution in [3.63, 3.8) is 0 Å². The number of carbonyl (C=O) groups is 1. The Bertz CT molecular complexity index is 414. The van der Waals surface area contributed by atoms with Crippen LogP contribution in [0, 0.1) is 11.3 Å². The van der Waals surface area contributed by atoms with Crippen molar-refractivity contribution in [3.8, 4) is 0 Å². The molecule has 0 spiro atoms. The van der Waals surface area contributed by atoms with Crippen molar-refractivity contribution in [2.24, 2.45) is 17.1 Å². The Morgan fingerprint density at radius 2 is 1.61 bits per heavy atom. The zero-order valence-electron chi connectivity index (χ0n) is 14.8. The van der Waals surface area contributed by atoms with Crippen LogP contribution in [0.15, 0.2) is 0 Å². The highest BCUT2D eigenvalue weighted by Crippen LogP contribution is 2.54. The second kappa shape index (κ2) is 7.10. The topological polar surface area (TPSA) is 55.6 Å². The number of hydrogen-bond donors (Lipinski definition) is 1. The molecule has 4 heteroatoms. The third-order valence-corrected chi connectivity index (χ3v) is 7.09. The van der Waals surface area contributed by atoms with Gasteiger partial charge >= 0.3 is 0 Å². The largest absolute Gasteiger partial charge is 0.379 e. The maximum Gasteiger partial charge on any atom is 0.225 e. The Balaban J connectivity index is 2.01. The zero-order valence-corrected chi connectivity index (χ0v) is 14.8. The van der Waals surface area contributed by atoms with E-state index in [2.05, 4.69) is 11.8 Å². The van der Waals surface area contributed by atoms with Crippen LogP contribution >= 0.6 is 0 Å². The third-order valence-electron chi connectivity index (χ3n) is 7.09. The lowest BCUT2D eigenvalue weighted by molar-refractivity contribution is -0.160. The molecule has 2 aliphatic carbocycles. The summed E-state index contributed by atoms with van der Waals surface area (Å²) in [5.41, 5.74) is 5.60. The van der Waals surface area contributed by atoms with Gasteiger partial charge in [0.05, 0.1) is 18.6 Å². The van der Waals surface area contributed by atoms with E-state index in [1.807, 2.05) is 0 Å². The first-order chi connectivity index (χ1) is 11.1. The Morgan fingerprint density at radius 3 is 2.22 bits per heavy atom. The van der Waals surface area contributed by atoms with Crippen LogP contribution in [0.5, 0.6) is 0 Å². The maximum absolute atomic E-state index is 12.6. The molecule has 0 bridgehead atoms. The summed E-state index contributed by atoms with van der Waals surface area (Å²) in [4.78, 5) is 15.2. The van der Waals surface area contributed by atoms with E-state index >= 15 is 0 Å². The number of morpholine rings is 1. The van der Waals surface area contributed by atoms with Crippen LogP contribution in [0.25, 0.3) is 0 Å². The maximum atomic E-state index is 12.6. The van der Waals surface area contributed by atoms with Crippen molar-refractivity contribution in [2.45, 2.75) is 76.7 Å². The smallest absolute Gasteiger partial charge is 0.225 e. The summed E-state index contributed by atoms with van der Waals surface area (Å²) in [5.74, 6) is 0.536. The Kier molecular flexibility index (Phi) is 5.32. The molecule has 4 nitrogen and oxygen atoms in total. The molecule has 3 fully saturated rings. The predicted molar refractivity (Wildman–Crippen MR) is 92.1 cm³/mol. The van der Waals surface area contributed by atoms with Crippen LogP contribution in [-0.4, -0.2) is 42.6 Å². The average molecular weight is 322 g/mol. The molecule has 0 aromatic carbocycles. The second-order valence-electron chi connectivity index (χ2n) is 8.12. The molecular weight excluding hydrogens is 288 g/mol. The molecule has 1 saturated heterocycles. The minimum absolute atomic E-state index is 0.0365. The molecule has 0 aromatic rings. The first kappa shape index (κ1) is 17.2. The van der Waals surface area contributed by atoms with Crippen molar-refractivity contribution < 1.29 is 9.53 Å². The van der Waals surface area contributed by atoms with E-state index in [1.165, 1.54) is 44.9 Å². The molecule has 1 heterocycles. The molecule has 23 heavy (non-hydrogen) atoms. The van der Waals surface area contributed by atoms with Gasteiger partial charge < -0.3 is 10.5 Å². The SMILES string of the molecule is CC1(C(N)=O)CCCCC1(C1CCCCCC1)N1CCOCC1. The van der Waals surface area contributed by atoms with Crippen LogP contribution in [0.3, 0.4) is 0 Å². The molecule has 132 valence electrons. The highest BCUT2D eigenvalue weighted by Gasteiger charge is 2.59. The molecular formula is C19H34N2O2. The van der Waals surface area contributed by atoms with Crippen LogP contribution in [0.1, 0.15) is 71.1 Å². The highest BCUT2D eigenvalue weighted by molar-refractivity contribution is 5.82. The van der Waals surface area contributed by atoms with Gasteiger partial charge in [0.1, 0.15) is 0 Å². The molecule has 2 N–H and O–H groups in total. The summed E-state index contributed by atoms with van der Waals surface area (Å²) < 4.78 is 5.62. The fourth-order valence-electron chi connectivity index (χ4n) is 5.84. The van der Waals surface area contributed by atoms with Gasteiger partial charge in [-0.25, -0.2) is 0 Å². The number of amides is 1. The fourth-order valence-corrected chi connectivity index (χ4v) is 5.84. The van der Waals surface area contributed by atoms with Crippen LogP contribution < -0.4 is 5.73 Å². The fraction of sp³-hybridized carbons (Fsp3) is 0.947. The van der Waals surface area contributed by atoms with E-state index in [0.29, 0.717) is 5.92 Å². The standard InChI is InChI=1S/C19H34N2O2/c1-18(17(20)22)10-6-7-11-19(18,21-12-14-23-15-13-21)16-8-4-2-3-5-9-16/h16H,2-15H2,1H3,(H2,20,22). The summed E-state index contributed by atoms with van der Waals surface area (Å²) in [5, 5.41) is 0. The molecule has 1 amide bonds. The van der Waals surface area contributed by atoms with Gasteiger partial charge in [-0.05, 0) is 38.5 Å². The summed E-state index contributed by atoms with van der Waals surface area (Å²) >= 11 is 0. The molecule has 2 saturated carbocycles. The van der Waals surface area contributed by atoms with E-state index in [-0.39, 0.29) is 11.4 Å². The molecule has 1 aliphatic heterocycles. The molecule has 0 aromatic heterocycles. The Morgan fingerprint density at radius 1 is 1.00 bits per heavy atom. The quantitative estimate of drug-likeness (QED) is 0.812. The lowest BCUT2D eigenvalue weighted by Gasteiger charge is -2.60. The molecule has 2 atom stereocenters. The number of hydrogen-bond acceptors (Lipinski definition) is 3. The average Bonchev–Trinajstić information content (AvgIpc) is 2.85. The van der Waals surface area contributed by atoms with Gasteiger partial charge in [0.2, 0.25) is 5.91 Å². The van der Waals surface area contributed by atoms with Gasteiger partial charge in [-0.3, -0.25) is 9.69 Å². The highest BCUT2D eigenvalue weighted by atomic mass is 16.5. The number of carbonyl (C=O) groups excluding carboxylic acids is 1. The number of primary amides is 1. The van der Waals surface area contributed by atoms with Gasteiger partial charge in [0, 0.05) is 18.6 Å². The summed E-state index contributed by atoms with van der Waals surface area (Å²) in [6.07, 6.45) is 12.3. The zero-order chi connectivity index (χ0) is 16.3. The Labute approximate surface area is 141 Å². The van der Waals surface area contributed by atoms with Gasteiger partial charge in [0.25, 0.3) is 0 Å². The molecule has 3 rings (SSSR count). The van der Waals surface area contributed by atoms with Crippen molar-refractivity contribution in [1.82, 2.24) is 4.90 Å². The second-order valence-corrected chi connectivity index (χ2v) is 8.12. The summed E-state index contributed by atoms with van der Waals surface area (Å²) in [6, 6.07) is 0. The van der Waals surface area contributed by atoms with E-state index in [4.69, 9.17) is 10.5 Å².